The zero-order valence-electron chi connectivity index (χ0n) is 10.6. The SMILES string of the molecule is CC(=O)NCCNC[C@@H](O)COc1ccccc1. The Hall–Kier alpha value is -1.59. The predicted molar refractivity (Wildman–Crippen MR) is 69.5 cm³/mol. The lowest BCUT2D eigenvalue weighted by Crippen LogP contribution is -2.36. The maximum absolute atomic E-state index is 10.6. The Bertz CT molecular complexity index is 343. The van der Waals surface area contributed by atoms with E-state index in [9.17, 15) is 9.90 Å². The number of amides is 1. The monoisotopic (exact) mass is 252 g/mol. The first-order chi connectivity index (χ1) is 8.68. The van der Waals surface area contributed by atoms with Crippen molar-refractivity contribution in [2.45, 2.75) is 13.0 Å². The first-order valence-electron chi connectivity index (χ1n) is 5.99. The summed E-state index contributed by atoms with van der Waals surface area (Å²) in [7, 11) is 0. The number of ether oxygens (including phenoxy) is 1. The zero-order valence-corrected chi connectivity index (χ0v) is 10.6. The van der Waals surface area contributed by atoms with Gasteiger partial charge in [-0.05, 0) is 12.1 Å². The summed E-state index contributed by atoms with van der Waals surface area (Å²) in [4.78, 5) is 10.6. The van der Waals surface area contributed by atoms with Crippen LogP contribution in [0.1, 0.15) is 6.92 Å². The Balaban J connectivity index is 2.04. The van der Waals surface area contributed by atoms with Crippen LogP contribution in [0.3, 0.4) is 0 Å². The van der Waals surface area contributed by atoms with Gasteiger partial charge in [0.15, 0.2) is 0 Å². The van der Waals surface area contributed by atoms with Crippen LogP contribution in [-0.4, -0.2) is 43.4 Å². The van der Waals surface area contributed by atoms with E-state index in [0.717, 1.165) is 5.75 Å². The highest BCUT2D eigenvalue weighted by atomic mass is 16.5. The molecule has 3 N–H and O–H groups in total. The van der Waals surface area contributed by atoms with Crippen molar-refractivity contribution in [3.05, 3.63) is 30.3 Å². The smallest absolute Gasteiger partial charge is 0.216 e. The van der Waals surface area contributed by atoms with E-state index < -0.39 is 6.10 Å². The molecule has 0 spiro atoms. The minimum Gasteiger partial charge on any atom is -0.491 e. The second kappa shape index (κ2) is 8.49. The highest BCUT2D eigenvalue weighted by Gasteiger charge is 2.04. The molecular formula is C13H20N2O3. The molecule has 0 heterocycles. The number of aliphatic hydroxyl groups excluding tert-OH is 1. The Morgan fingerprint density at radius 3 is 2.72 bits per heavy atom. The molecule has 0 bridgehead atoms. The molecule has 0 unspecified atom stereocenters. The molecule has 1 amide bonds. The molecule has 5 nitrogen and oxygen atoms in total. The van der Waals surface area contributed by atoms with Gasteiger partial charge in [0.2, 0.25) is 5.91 Å². The van der Waals surface area contributed by atoms with Crippen LogP contribution < -0.4 is 15.4 Å². The molecule has 5 heteroatoms. The fraction of sp³-hybridized carbons (Fsp3) is 0.462. The first-order valence-corrected chi connectivity index (χ1v) is 5.99. The summed E-state index contributed by atoms with van der Waals surface area (Å²) in [5, 5.41) is 15.3. The lowest BCUT2D eigenvalue weighted by molar-refractivity contribution is -0.118. The van der Waals surface area contributed by atoms with Crippen LogP contribution in [0.4, 0.5) is 0 Å². The quantitative estimate of drug-likeness (QED) is 0.576. The van der Waals surface area contributed by atoms with Crippen molar-refractivity contribution in [3.8, 4) is 5.75 Å². The van der Waals surface area contributed by atoms with Crippen molar-refractivity contribution in [3.63, 3.8) is 0 Å². The van der Waals surface area contributed by atoms with Crippen LogP contribution in [-0.2, 0) is 4.79 Å². The van der Waals surface area contributed by atoms with Gasteiger partial charge in [0.05, 0.1) is 0 Å². The van der Waals surface area contributed by atoms with E-state index >= 15 is 0 Å². The zero-order chi connectivity index (χ0) is 13.2. The molecule has 1 aromatic carbocycles. The third-order valence-electron chi connectivity index (χ3n) is 2.24. The number of para-hydroxylation sites is 1. The maximum atomic E-state index is 10.6. The van der Waals surface area contributed by atoms with Gasteiger partial charge in [0, 0.05) is 26.6 Å². The Kier molecular flexibility index (Phi) is 6.83. The van der Waals surface area contributed by atoms with Crippen molar-refractivity contribution in [2.24, 2.45) is 0 Å². The normalized spacial score (nSPS) is 11.9. The molecule has 1 aromatic rings. The standard InChI is InChI=1S/C13H20N2O3/c1-11(16)15-8-7-14-9-12(17)10-18-13-5-3-2-4-6-13/h2-6,12,14,17H,7-10H2,1H3,(H,15,16)/t12-/m1/s1. The van der Waals surface area contributed by atoms with Gasteiger partial charge in [-0.15, -0.1) is 0 Å². The van der Waals surface area contributed by atoms with E-state index in [-0.39, 0.29) is 12.5 Å². The van der Waals surface area contributed by atoms with Crippen molar-refractivity contribution >= 4 is 5.91 Å². The van der Waals surface area contributed by atoms with Gasteiger partial charge in [-0.2, -0.15) is 0 Å². The molecule has 100 valence electrons. The number of nitrogens with one attached hydrogen (secondary N) is 2. The summed E-state index contributed by atoms with van der Waals surface area (Å²) < 4.78 is 5.40. The predicted octanol–water partition coefficient (Wildman–Crippen LogP) is 0.152. The summed E-state index contributed by atoms with van der Waals surface area (Å²) in [6.07, 6.45) is -0.567. The fourth-order valence-corrected chi connectivity index (χ4v) is 1.36. The summed E-state index contributed by atoms with van der Waals surface area (Å²) in [5.74, 6) is 0.694. The number of rotatable bonds is 8. The van der Waals surface area contributed by atoms with E-state index in [0.29, 0.717) is 19.6 Å². The largest absolute Gasteiger partial charge is 0.491 e. The molecule has 0 radical (unpaired) electrons. The number of carbonyl (C=O) groups excluding carboxylic acids is 1. The highest BCUT2D eigenvalue weighted by Crippen LogP contribution is 2.08. The molecule has 1 atom stereocenters. The molecule has 0 aliphatic heterocycles. The van der Waals surface area contributed by atoms with E-state index in [1.54, 1.807) is 0 Å². The Labute approximate surface area is 107 Å². The maximum Gasteiger partial charge on any atom is 0.216 e. The van der Waals surface area contributed by atoms with E-state index in [1.165, 1.54) is 6.92 Å². The molecule has 0 aromatic heterocycles. The third kappa shape index (κ3) is 6.88. The van der Waals surface area contributed by atoms with Gasteiger partial charge in [0.25, 0.3) is 0 Å². The average molecular weight is 252 g/mol. The number of benzene rings is 1. The van der Waals surface area contributed by atoms with Crippen LogP contribution in [0.15, 0.2) is 30.3 Å². The van der Waals surface area contributed by atoms with Crippen molar-refractivity contribution < 1.29 is 14.6 Å². The fourth-order valence-electron chi connectivity index (χ4n) is 1.36. The van der Waals surface area contributed by atoms with Crippen molar-refractivity contribution in [2.75, 3.05) is 26.2 Å². The van der Waals surface area contributed by atoms with Crippen LogP contribution >= 0.6 is 0 Å². The second-order valence-corrected chi connectivity index (χ2v) is 3.96. The van der Waals surface area contributed by atoms with Crippen LogP contribution in [0.25, 0.3) is 0 Å². The van der Waals surface area contributed by atoms with Crippen molar-refractivity contribution in [1.29, 1.82) is 0 Å². The lowest BCUT2D eigenvalue weighted by Gasteiger charge is -2.13. The molecule has 1 rings (SSSR count). The van der Waals surface area contributed by atoms with Gasteiger partial charge in [-0.1, -0.05) is 18.2 Å². The Morgan fingerprint density at radius 2 is 2.06 bits per heavy atom. The summed E-state index contributed by atoms with van der Waals surface area (Å²) >= 11 is 0. The van der Waals surface area contributed by atoms with Gasteiger partial charge >= 0.3 is 0 Å². The average Bonchev–Trinajstić information content (AvgIpc) is 2.37. The van der Waals surface area contributed by atoms with Crippen LogP contribution in [0.2, 0.25) is 0 Å². The van der Waals surface area contributed by atoms with Gasteiger partial charge in [-0.25, -0.2) is 0 Å². The molecule has 18 heavy (non-hydrogen) atoms. The topological polar surface area (TPSA) is 70.6 Å². The minimum absolute atomic E-state index is 0.0511. The molecule has 0 aliphatic rings. The number of aliphatic hydroxyl groups is 1. The first kappa shape index (κ1) is 14.5. The number of hydrogen-bond donors (Lipinski definition) is 3. The summed E-state index contributed by atoms with van der Waals surface area (Å²) in [6, 6.07) is 9.36. The molecular weight excluding hydrogens is 232 g/mol. The molecule has 0 aliphatic carbocycles. The number of hydrogen-bond acceptors (Lipinski definition) is 4. The lowest BCUT2D eigenvalue weighted by atomic mass is 10.3. The summed E-state index contributed by atoms with van der Waals surface area (Å²) in [6.45, 7) is 3.34. The molecule has 0 saturated carbocycles. The molecule has 0 saturated heterocycles. The second-order valence-electron chi connectivity index (χ2n) is 3.96. The highest BCUT2D eigenvalue weighted by molar-refractivity contribution is 5.72. The van der Waals surface area contributed by atoms with Crippen LogP contribution in [0, 0.1) is 0 Å². The number of carbonyl (C=O) groups is 1. The van der Waals surface area contributed by atoms with Gasteiger partial charge in [-0.3, -0.25) is 4.79 Å². The van der Waals surface area contributed by atoms with E-state index in [4.69, 9.17) is 4.74 Å². The van der Waals surface area contributed by atoms with Gasteiger partial charge < -0.3 is 20.5 Å². The van der Waals surface area contributed by atoms with Crippen molar-refractivity contribution in [1.82, 2.24) is 10.6 Å². The van der Waals surface area contributed by atoms with Crippen LogP contribution in [0.5, 0.6) is 5.75 Å². The summed E-state index contributed by atoms with van der Waals surface area (Å²) in [5.41, 5.74) is 0. The Morgan fingerprint density at radius 1 is 1.33 bits per heavy atom. The minimum atomic E-state index is -0.567. The van der Waals surface area contributed by atoms with Gasteiger partial charge in [0.1, 0.15) is 18.5 Å². The van der Waals surface area contributed by atoms with E-state index in [1.807, 2.05) is 30.3 Å². The molecule has 0 fully saturated rings. The van der Waals surface area contributed by atoms with E-state index in [2.05, 4.69) is 10.6 Å². The third-order valence-corrected chi connectivity index (χ3v) is 2.24.